The van der Waals surface area contributed by atoms with Crippen molar-refractivity contribution in [3.05, 3.63) is 0 Å². The fourth-order valence-electron chi connectivity index (χ4n) is 2.78. The van der Waals surface area contributed by atoms with Gasteiger partial charge in [0.25, 0.3) is 0 Å². The normalized spacial score (nSPS) is 14.9. The van der Waals surface area contributed by atoms with E-state index >= 15 is 0 Å². The predicted octanol–water partition coefficient (Wildman–Crippen LogP) is 3.51. The summed E-state index contributed by atoms with van der Waals surface area (Å²) in [5.74, 6) is -0.908. The van der Waals surface area contributed by atoms with E-state index < -0.39 is 11.5 Å². The van der Waals surface area contributed by atoms with Crippen molar-refractivity contribution in [3.63, 3.8) is 0 Å². The molecule has 0 aliphatic heterocycles. The molecule has 0 aromatic rings. The Hall–Kier alpha value is -0.570. The molecular formula is C18H37NO2. The highest BCUT2D eigenvalue weighted by atomic mass is 16.4. The van der Waals surface area contributed by atoms with Crippen molar-refractivity contribution in [1.82, 2.24) is 0 Å². The van der Waals surface area contributed by atoms with Crippen LogP contribution in [0.2, 0.25) is 0 Å². The summed E-state index contributed by atoms with van der Waals surface area (Å²) < 4.78 is 0.492. The zero-order chi connectivity index (χ0) is 16.4. The van der Waals surface area contributed by atoms with Gasteiger partial charge < -0.3 is 14.4 Å². The summed E-state index contributed by atoms with van der Waals surface area (Å²) in [7, 11) is 3.98. The number of hydrogen-bond donors (Lipinski definition) is 0. The molecule has 0 aromatic heterocycles. The van der Waals surface area contributed by atoms with E-state index in [9.17, 15) is 9.90 Å². The van der Waals surface area contributed by atoms with E-state index in [2.05, 4.69) is 6.92 Å². The van der Waals surface area contributed by atoms with Crippen LogP contribution >= 0.6 is 0 Å². The van der Waals surface area contributed by atoms with Gasteiger partial charge in [0.15, 0.2) is 0 Å². The first-order valence-electron chi connectivity index (χ1n) is 8.86. The van der Waals surface area contributed by atoms with Crippen LogP contribution in [0.25, 0.3) is 0 Å². The molecule has 3 heteroatoms. The fourth-order valence-corrected chi connectivity index (χ4v) is 2.78. The molecule has 126 valence electrons. The zero-order valence-electron chi connectivity index (χ0n) is 15.0. The van der Waals surface area contributed by atoms with Crippen molar-refractivity contribution in [3.8, 4) is 0 Å². The maximum absolute atomic E-state index is 11.6. The third-order valence-electron chi connectivity index (χ3n) is 5.33. The molecule has 0 fully saturated rings. The minimum Gasteiger partial charge on any atom is -0.544 e. The lowest BCUT2D eigenvalue weighted by Crippen LogP contribution is -2.66. The Labute approximate surface area is 132 Å². The number of nitrogens with zero attached hydrogens (tertiary/aromatic N) is 1. The average Bonchev–Trinajstić information content (AvgIpc) is 2.44. The maximum Gasteiger partial charge on any atom is 0.136 e. The molecule has 0 N–H and O–H groups in total. The molecular weight excluding hydrogens is 262 g/mol. The Bertz CT molecular complexity index is 289. The molecule has 0 saturated carbocycles. The minimum absolute atomic E-state index is 0.492. The number of carboxylic acids is 1. The Balaban J connectivity index is 3.94. The van der Waals surface area contributed by atoms with Gasteiger partial charge in [0, 0.05) is 6.42 Å². The molecule has 0 saturated heterocycles. The number of quaternary nitrogens is 1. The fraction of sp³-hybridized carbons (Fsp3) is 0.944. The topological polar surface area (TPSA) is 40.1 Å². The first-order valence-corrected chi connectivity index (χ1v) is 8.86. The summed E-state index contributed by atoms with van der Waals surface area (Å²) in [6, 6.07) is 0. The van der Waals surface area contributed by atoms with Gasteiger partial charge in [-0.1, -0.05) is 58.3 Å². The maximum atomic E-state index is 11.6. The van der Waals surface area contributed by atoms with Gasteiger partial charge in [-0.3, -0.25) is 0 Å². The number of hydrogen-bond acceptors (Lipinski definition) is 2. The smallest absolute Gasteiger partial charge is 0.136 e. The zero-order valence-corrected chi connectivity index (χ0v) is 15.0. The molecule has 0 aliphatic rings. The van der Waals surface area contributed by atoms with Crippen molar-refractivity contribution in [1.29, 1.82) is 0 Å². The number of unbranched alkanes of at least 4 members (excludes halogenated alkanes) is 8. The summed E-state index contributed by atoms with van der Waals surface area (Å²) in [6.07, 6.45) is 12.1. The second kappa shape index (κ2) is 10.2. The number of carbonyl (C=O) groups excluding carboxylic acids is 1. The number of carboxylic acid groups (broad SMARTS) is 1. The van der Waals surface area contributed by atoms with Crippen LogP contribution < -0.4 is 5.11 Å². The van der Waals surface area contributed by atoms with Gasteiger partial charge in [-0.05, 0) is 20.3 Å². The number of aliphatic carboxylic acids is 1. The lowest BCUT2D eigenvalue weighted by atomic mass is 9.90. The van der Waals surface area contributed by atoms with Crippen LogP contribution in [-0.2, 0) is 4.79 Å². The van der Waals surface area contributed by atoms with E-state index in [1.54, 1.807) is 0 Å². The van der Waals surface area contributed by atoms with Crippen molar-refractivity contribution in [2.45, 2.75) is 90.5 Å². The van der Waals surface area contributed by atoms with Gasteiger partial charge in [0.2, 0.25) is 0 Å². The van der Waals surface area contributed by atoms with Crippen LogP contribution in [0.4, 0.5) is 0 Å². The van der Waals surface area contributed by atoms with E-state index in [0.717, 1.165) is 19.4 Å². The highest BCUT2D eigenvalue weighted by Crippen LogP contribution is 2.27. The van der Waals surface area contributed by atoms with Crippen LogP contribution in [-0.4, -0.2) is 36.6 Å². The lowest BCUT2D eigenvalue weighted by Gasteiger charge is -2.47. The molecule has 1 unspecified atom stereocenters. The third kappa shape index (κ3) is 6.82. The minimum atomic E-state index is -0.908. The highest BCUT2D eigenvalue weighted by molar-refractivity contribution is 5.74. The second-order valence-electron chi connectivity index (χ2n) is 7.14. The summed E-state index contributed by atoms with van der Waals surface area (Å²) in [6.45, 7) is 6.93. The Morgan fingerprint density at radius 3 is 1.71 bits per heavy atom. The van der Waals surface area contributed by atoms with Gasteiger partial charge in [-0.25, -0.2) is 0 Å². The predicted molar refractivity (Wildman–Crippen MR) is 87.9 cm³/mol. The molecule has 3 nitrogen and oxygen atoms in total. The largest absolute Gasteiger partial charge is 0.544 e. The van der Waals surface area contributed by atoms with Gasteiger partial charge in [-0.2, -0.15) is 0 Å². The SMILES string of the molecule is CCCCCCCCCCCC(C)(C(=O)[O-])[N+](C)(C)CC. The molecule has 0 spiro atoms. The Kier molecular flexibility index (Phi) is 9.93. The molecule has 0 aromatic carbocycles. The number of likely N-dealkylation sites (N-methyl/N-ethyl adjacent to an activating group) is 1. The average molecular weight is 299 g/mol. The summed E-state index contributed by atoms with van der Waals surface area (Å²) in [4.78, 5) is 11.6. The van der Waals surface area contributed by atoms with Crippen LogP contribution in [0.5, 0.6) is 0 Å². The van der Waals surface area contributed by atoms with E-state index in [0.29, 0.717) is 10.9 Å². The van der Waals surface area contributed by atoms with E-state index in [1.165, 1.54) is 44.9 Å². The van der Waals surface area contributed by atoms with Crippen molar-refractivity contribution >= 4 is 5.97 Å². The van der Waals surface area contributed by atoms with Crippen molar-refractivity contribution < 1.29 is 14.4 Å². The van der Waals surface area contributed by atoms with Crippen molar-refractivity contribution in [2.24, 2.45) is 0 Å². The molecule has 0 radical (unpaired) electrons. The third-order valence-corrected chi connectivity index (χ3v) is 5.33. The van der Waals surface area contributed by atoms with Crippen LogP contribution in [0, 0.1) is 0 Å². The van der Waals surface area contributed by atoms with Crippen LogP contribution in [0.1, 0.15) is 85.0 Å². The first-order chi connectivity index (χ1) is 9.81. The van der Waals surface area contributed by atoms with E-state index in [4.69, 9.17) is 0 Å². The summed E-state index contributed by atoms with van der Waals surface area (Å²) in [5.41, 5.74) is -0.768. The Morgan fingerprint density at radius 1 is 0.905 bits per heavy atom. The van der Waals surface area contributed by atoms with Gasteiger partial charge in [0.1, 0.15) is 11.5 Å². The summed E-state index contributed by atoms with van der Waals surface area (Å²) >= 11 is 0. The molecule has 0 bridgehead atoms. The lowest BCUT2D eigenvalue weighted by molar-refractivity contribution is -0.931. The molecule has 0 amide bonds. The van der Waals surface area contributed by atoms with Crippen LogP contribution in [0.15, 0.2) is 0 Å². The first kappa shape index (κ1) is 20.4. The molecule has 0 heterocycles. The van der Waals surface area contributed by atoms with Gasteiger partial charge in [0.05, 0.1) is 20.6 Å². The second-order valence-corrected chi connectivity index (χ2v) is 7.14. The molecule has 0 aliphatic carbocycles. The number of rotatable bonds is 13. The van der Waals surface area contributed by atoms with Crippen LogP contribution in [0.3, 0.4) is 0 Å². The highest BCUT2D eigenvalue weighted by Gasteiger charge is 2.40. The quantitative estimate of drug-likeness (QED) is 0.386. The molecule has 0 rings (SSSR count). The summed E-state index contributed by atoms with van der Waals surface area (Å²) in [5, 5.41) is 11.6. The Morgan fingerprint density at radius 2 is 1.33 bits per heavy atom. The van der Waals surface area contributed by atoms with E-state index in [1.807, 2.05) is 27.9 Å². The molecule has 21 heavy (non-hydrogen) atoms. The standard InChI is InChI=1S/C18H37NO2/c1-6-8-9-10-11-12-13-14-15-16-18(3,17(20)21)19(4,5)7-2/h6-16H2,1-5H3. The monoisotopic (exact) mass is 299 g/mol. The molecule has 1 atom stereocenters. The van der Waals surface area contributed by atoms with Gasteiger partial charge in [-0.15, -0.1) is 0 Å². The number of carbonyl (C=O) groups is 1. The van der Waals surface area contributed by atoms with Crippen molar-refractivity contribution in [2.75, 3.05) is 20.6 Å². The van der Waals surface area contributed by atoms with E-state index in [-0.39, 0.29) is 0 Å². The van der Waals surface area contributed by atoms with Gasteiger partial charge >= 0.3 is 0 Å².